The van der Waals surface area contributed by atoms with Crippen molar-refractivity contribution >= 4 is 5.82 Å². The van der Waals surface area contributed by atoms with Gasteiger partial charge in [-0.05, 0) is 37.5 Å². The maximum absolute atomic E-state index is 5.88. The summed E-state index contributed by atoms with van der Waals surface area (Å²) in [5.74, 6) is 3.71. The molecule has 1 aliphatic carbocycles. The lowest BCUT2D eigenvalue weighted by atomic mass is 9.78. The lowest BCUT2D eigenvalue weighted by Crippen LogP contribution is -2.35. The number of rotatable bonds is 4. The molecule has 2 heterocycles. The van der Waals surface area contributed by atoms with Gasteiger partial charge in [-0.3, -0.25) is 0 Å². The Morgan fingerprint density at radius 2 is 2.00 bits per heavy atom. The molecule has 0 radical (unpaired) electrons. The van der Waals surface area contributed by atoms with Crippen LogP contribution in [0.1, 0.15) is 35.8 Å². The topological polar surface area (TPSA) is 82.3 Å². The zero-order valence-electron chi connectivity index (χ0n) is 13.1. The van der Waals surface area contributed by atoms with E-state index in [0.29, 0.717) is 25.3 Å². The van der Waals surface area contributed by atoms with Crippen molar-refractivity contribution in [3.05, 3.63) is 41.3 Å². The van der Waals surface area contributed by atoms with E-state index in [-0.39, 0.29) is 0 Å². The fraction of sp³-hybridized carbons (Fsp3) is 0.412. The number of fused-ring (bicyclic) bond motifs is 1. The van der Waals surface area contributed by atoms with Crippen LogP contribution in [0.5, 0.6) is 11.5 Å². The third kappa shape index (κ3) is 2.94. The van der Waals surface area contributed by atoms with Gasteiger partial charge in [0.15, 0.2) is 11.5 Å². The lowest BCUT2D eigenvalue weighted by molar-refractivity contribution is 0.174. The normalized spacial score (nSPS) is 21.8. The molecule has 2 aliphatic rings. The van der Waals surface area contributed by atoms with Crippen molar-refractivity contribution in [1.29, 1.82) is 0 Å². The lowest BCUT2D eigenvalue weighted by Gasteiger charge is -2.32. The number of nitrogens with two attached hydrogens (primary N) is 1. The highest BCUT2D eigenvalue weighted by molar-refractivity contribution is 5.46. The second-order valence-corrected chi connectivity index (χ2v) is 6.19. The van der Waals surface area contributed by atoms with E-state index in [4.69, 9.17) is 15.2 Å². The first kappa shape index (κ1) is 14.3. The Balaban J connectivity index is 1.46. The summed E-state index contributed by atoms with van der Waals surface area (Å²) in [6, 6.07) is 8.32. The Morgan fingerprint density at radius 1 is 1.17 bits per heavy atom. The Morgan fingerprint density at radius 3 is 2.83 bits per heavy atom. The maximum Gasteiger partial charge on any atom is 0.231 e. The highest BCUT2D eigenvalue weighted by Gasteiger charge is 2.28. The van der Waals surface area contributed by atoms with Crippen LogP contribution in [-0.4, -0.2) is 22.8 Å². The molecule has 1 aromatic carbocycles. The molecule has 1 saturated carbocycles. The number of aromatic nitrogens is 2. The van der Waals surface area contributed by atoms with E-state index in [1.54, 1.807) is 0 Å². The van der Waals surface area contributed by atoms with E-state index < -0.39 is 0 Å². The molecular formula is C17H20N4O2. The molecule has 0 saturated heterocycles. The summed E-state index contributed by atoms with van der Waals surface area (Å²) >= 11 is 0. The van der Waals surface area contributed by atoms with Crippen molar-refractivity contribution in [3.63, 3.8) is 0 Å². The van der Waals surface area contributed by atoms with Crippen LogP contribution < -0.4 is 20.5 Å². The number of hydrogen-bond donors (Lipinski definition) is 2. The summed E-state index contributed by atoms with van der Waals surface area (Å²) in [7, 11) is 0. The molecule has 0 spiro atoms. The molecule has 0 amide bonds. The van der Waals surface area contributed by atoms with Crippen LogP contribution in [0, 0.1) is 6.92 Å². The molecule has 3 N–H and O–H groups in total. The first-order chi connectivity index (χ1) is 11.2. The summed E-state index contributed by atoms with van der Waals surface area (Å²) in [4.78, 5) is 9.02. The SMILES string of the molecule is Cc1nc(NCc2ccc3c(c2)OCO3)cc(C2CC(N)C2)n1. The molecule has 1 aromatic heterocycles. The predicted octanol–water partition coefficient (Wildman–Crippen LogP) is 2.33. The van der Waals surface area contributed by atoms with E-state index in [1.807, 2.05) is 31.2 Å². The van der Waals surface area contributed by atoms with Crippen LogP contribution in [0.3, 0.4) is 0 Å². The molecule has 1 fully saturated rings. The number of nitrogens with zero attached hydrogens (tertiary/aromatic N) is 2. The van der Waals surface area contributed by atoms with Crippen LogP contribution in [-0.2, 0) is 6.54 Å². The predicted molar refractivity (Wildman–Crippen MR) is 86.6 cm³/mol. The van der Waals surface area contributed by atoms with Gasteiger partial charge in [0, 0.05) is 30.3 Å². The Labute approximate surface area is 135 Å². The van der Waals surface area contributed by atoms with Gasteiger partial charge >= 0.3 is 0 Å². The molecule has 1 aliphatic heterocycles. The van der Waals surface area contributed by atoms with Crippen LogP contribution in [0.4, 0.5) is 5.82 Å². The number of benzene rings is 1. The minimum absolute atomic E-state index is 0.296. The quantitative estimate of drug-likeness (QED) is 0.901. The van der Waals surface area contributed by atoms with Crippen molar-refractivity contribution in [3.8, 4) is 11.5 Å². The standard InChI is InChI=1S/C17H20N4O2/c1-10-20-14(12-5-13(18)6-12)7-17(21-10)19-8-11-2-3-15-16(4-11)23-9-22-15/h2-4,7,12-13H,5-6,8-9,18H2,1H3,(H,19,20,21). The van der Waals surface area contributed by atoms with Gasteiger partial charge in [-0.1, -0.05) is 6.07 Å². The fourth-order valence-electron chi connectivity index (χ4n) is 3.04. The highest BCUT2D eigenvalue weighted by Crippen LogP contribution is 2.35. The van der Waals surface area contributed by atoms with Crippen LogP contribution in [0.2, 0.25) is 0 Å². The van der Waals surface area contributed by atoms with Crippen molar-refractivity contribution in [2.45, 2.75) is 38.3 Å². The van der Waals surface area contributed by atoms with E-state index in [0.717, 1.165) is 47.2 Å². The molecule has 23 heavy (non-hydrogen) atoms. The van der Waals surface area contributed by atoms with Gasteiger partial charge < -0.3 is 20.5 Å². The summed E-state index contributed by atoms with van der Waals surface area (Å²) in [6.45, 7) is 2.90. The maximum atomic E-state index is 5.88. The minimum Gasteiger partial charge on any atom is -0.454 e. The average Bonchev–Trinajstić information content (AvgIpc) is 2.97. The molecular weight excluding hydrogens is 292 g/mol. The second kappa shape index (κ2) is 5.70. The minimum atomic E-state index is 0.296. The third-order valence-electron chi connectivity index (χ3n) is 4.36. The van der Waals surface area contributed by atoms with Crippen LogP contribution >= 0.6 is 0 Å². The Kier molecular flexibility index (Phi) is 3.53. The van der Waals surface area contributed by atoms with Gasteiger partial charge in [0.05, 0.1) is 0 Å². The smallest absolute Gasteiger partial charge is 0.231 e. The van der Waals surface area contributed by atoms with Crippen molar-refractivity contribution < 1.29 is 9.47 Å². The number of hydrogen-bond acceptors (Lipinski definition) is 6. The Hall–Kier alpha value is -2.34. The number of nitrogens with one attached hydrogen (secondary N) is 1. The largest absolute Gasteiger partial charge is 0.454 e. The van der Waals surface area contributed by atoms with Gasteiger partial charge in [-0.2, -0.15) is 0 Å². The summed E-state index contributed by atoms with van der Waals surface area (Å²) in [5, 5.41) is 3.37. The number of ether oxygens (including phenoxy) is 2. The second-order valence-electron chi connectivity index (χ2n) is 6.19. The van der Waals surface area contributed by atoms with E-state index >= 15 is 0 Å². The zero-order chi connectivity index (χ0) is 15.8. The van der Waals surface area contributed by atoms with E-state index in [9.17, 15) is 0 Å². The van der Waals surface area contributed by atoms with Crippen molar-refractivity contribution in [2.24, 2.45) is 5.73 Å². The first-order valence-electron chi connectivity index (χ1n) is 7.91. The van der Waals surface area contributed by atoms with Crippen LogP contribution in [0.25, 0.3) is 0 Å². The molecule has 6 heteroatoms. The highest BCUT2D eigenvalue weighted by atomic mass is 16.7. The molecule has 120 valence electrons. The van der Waals surface area contributed by atoms with Gasteiger partial charge in [-0.15, -0.1) is 0 Å². The zero-order valence-corrected chi connectivity index (χ0v) is 13.1. The fourth-order valence-corrected chi connectivity index (χ4v) is 3.04. The molecule has 4 rings (SSSR count). The van der Waals surface area contributed by atoms with Gasteiger partial charge in [-0.25, -0.2) is 9.97 Å². The molecule has 0 atom stereocenters. The Bertz CT molecular complexity index is 729. The molecule has 0 unspecified atom stereocenters. The monoisotopic (exact) mass is 312 g/mol. The third-order valence-corrected chi connectivity index (χ3v) is 4.36. The van der Waals surface area contributed by atoms with Crippen LogP contribution in [0.15, 0.2) is 24.3 Å². The number of anilines is 1. The number of aryl methyl sites for hydroxylation is 1. The van der Waals surface area contributed by atoms with E-state index in [1.165, 1.54) is 0 Å². The average molecular weight is 312 g/mol. The summed E-state index contributed by atoms with van der Waals surface area (Å²) in [6.07, 6.45) is 2.02. The van der Waals surface area contributed by atoms with Crippen molar-refractivity contribution in [2.75, 3.05) is 12.1 Å². The molecule has 0 bridgehead atoms. The summed E-state index contributed by atoms with van der Waals surface area (Å²) in [5.41, 5.74) is 8.09. The first-order valence-corrected chi connectivity index (χ1v) is 7.91. The van der Waals surface area contributed by atoms with Gasteiger partial charge in [0.1, 0.15) is 11.6 Å². The van der Waals surface area contributed by atoms with Gasteiger partial charge in [0.2, 0.25) is 6.79 Å². The molecule has 6 nitrogen and oxygen atoms in total. The van der Waals surface area contributed by atoms with Crippen molar-refractivity contribution in [1.82, 2.24) is 9.97 Å². The van der Waals surface area contributed by atoms with Gasteiger partial charge in [0.25, 0.3) is 0 Å². The van der Waals surface area contributed by atoms with E-state index in [2.05, 4.69) is 15.3 Å². The molecule has 2 aromatic rings. The summed E-state index contributed by atoms with van der Waals surface area (Å²) < 4.78 is 10.7.